The van der Waals surface area contributed by atoms with E-state index in [1.807, 2.05) is 61.5 Å². The van der Waals surface area contributed by atoms with E-state index >= 15 is 0 Å². The van der Waals surface area contributed by atoms with Crippen LogP contribution < -0.4 is 10.1 Å². The van der Waals surface area contributed by atoms with Crippen LogP contribution in [0.3, 0.4) is 0 Å². The van der Waals surface area contributed by atoms with E-state index < -0.39 is 0 Å². The molecule has 0 bridgehead atoms. The van der Waals surface area contributed by atoms with Crippen molar-refractivity contribution in [3.8, 4) is 5.75 Å². The molecule has 27 heavy (non-hydrogen) atoms. The molecule has 3 aromatic rings. The second-order valence-electron chi connectivity index (χ2n) is 6.09. The van der Waals surface area contributed by atoms with Crippen LogP contribution in [-0.4, -0.2) is 0 Å². The molecule has 0 radical (unpaired) electrons. The van der Waals surface area contributed by atoms with Crippen molar-refractivity contribution in [1.29, 1.82) is 0 Å². The number of nitrogens with one attached hydrogen (secondary N) is 1. The topological polar surface area (TPSA) is 21.3 Å². The zero-order valence-corrected chi connectivity index (χ0v) is 17.6. The van der Waals surface area contributed by atoms with Crippen LogP contribution in [0, 0.1) is 6.92 Å². The highest BCUT2D eigenvalue weighted by molar-refractivity contribution is 6.37. The predicted octanol–water partition coefficient (Wildman–Crippen LogP) is 7.80. The van der Waals surface area contributed by atoms with Crippen molar-refractivity contribution in [1.82, 2.24) is 0 Å². The van der Waals surface area contributed by atoms with Gasteiger partial charge in [0.2, 0.25) is 0 Å². The van der Waals surface area contributed by atoms with Gasteiger partial charge < -0.3 is 10.1 Å². The zero-order chi connectivity index (χ0) is 19.4. The summed E-state index contributed by atoms with van der Waals surface area (Å²) in [5.74, 6) is 0.445. The minimum absolute atomic E-state index is 0.290. The van der Waals surface area contributed by atoms with Gasteiger partial charge in [-0.15, -0.1) is 0 Å². The molecule has 0 spiro atoms. The van der Waals surface area contributed by atoms with Crippen molar-refractivity contribution in [2.75, 3.05) is 5.32 Å². The molecular weight excluding hydrogens is 424 g/mol. The van der Waals surface area contributed by atoms with E-state index in [1.54, 1.807) is 0 Å². The molecule has 0 aliphatic heterocycles. The van der Waals surface area contributed by atoms with Gasteiger partial charge in [0.25, 0.3) is 0 Å². The third-order valence-electron chi connectivity index (χ3n) is 4.06. The fourth-order valence-electron chi connectivity index (χ4n) is 2.52. The summed E-state index contributed by atoms with van der Waals surface area (Å²) in [6, 6.07) is 17.0. The van der Waals surface area contributed by atoms with Gasteiger partial charge in [-0.2, -0.15) is 0 Å². The summed E-state index contributed by atoms with van der Waals surface area (Å²) < 4.78 is 5.79. The van der Waals surface area contributed by atoms with E-state index in [0.29, 0.717) is 34.0 Å². The molecule has 0 heterocycles. The van der Waals surface area contributed by atoms with Crippen molar-refractivity contribution in [3.63, 3.8) is 0 Å². The summed E-state index contributed by atoms with van der Waals surface area (Å²) in [4.78, 5) is 0. The van der Waals surface area contributed by atoms with Gasteiger partial charge in [-0.25, -0.2) is 0 Å². The predicted molar refractivity (Wildman–Crippen MR) is 116 cm³/mol. The Morgan fingerprint density at radius 2 is 1.52 bits per heavy atom. The Labute approximate surface area is 179 Å². The van der Waals surface area contributed by atoms with Crippen molar-refractivity contribution < 1.29 is 4.74 Å². The third-order valence-corrected chi connectivity index (χ3v) is 5.39. The van der Waals surface area contributed by atoms with Crippen LogP contribution in [0.15, 0.2) is 54.6 Å². The maximum atomic E-state index is 6.38. The summed E-state index contributed by atoms with van der Waals surface area (Å²) in [6.45, 7) is 2.81. The average Bonchev–Trinajstić information content (AvgIpc) is 2.63. The lowest BCUT2D eigenvalue weighted by atomic mass is 10.2. The minimum atomic E-state index is 0.290. The number of anilines is 1. The molecule has 0 atom stereocenters. The normalized spacial score (nSPS) is 10.7. The number of hydrogen-bond donors (Lipinski definition) is 1. The fraction of sp³-hybridized carbons (Fsp3) is 0.143. The molecule has 140 valence electrons. The molecule has 1 N–H and O–H groups in total. The molecule has 6 heteroatoms. The molecule has 3 aromatic carbocycles. The SMILES string of the molecule is Cc1ccc(NCc2cc(Cl)c(OCc3ccccc3Cl)c(Cl)c2)cc1Cl. The monoisotopic (exact) mass is 439 g/mol. The molecule has 0 saturated carbocycles. The van der Waals surface area contributed by atoms with Gasteiger partial charge in [-0.05, 0) is 48.4 Å². The number of aryl methyl sites for hydroxylation is 1. The largest absolute Gasteiger partial charge is 0.486 e. The Morgan fingerprint density at radius 3 is 2.19 bits per heavy atom. The van der Waals surface area contributed by atoms with Gasteiger partial charge in [0.1, 0.15) is 6.61 Å². The van der Waals surface area contributed by atoms with Crippen molar-refractivity contribution in [2.45, 2.75) is 20.1 Å². The van der Waals surface area contributed by atoms with Crippen LogP contribution >= 0.6 is 46.4 Å². The lowest BCUT2D eigenvalue weighted by Gasteiger charge is -2.14. The summed E-state index contributed by atoms with van der Waals surface area (Å²) in [5, 5.41) is 5.58. The van der Waals surface area contributed by atoms with Crippen LogP contribution in [0.2, 0.25) is 20.1 Å². The van der Waals surface area contributed by atoms with E-state index in [0.717, 1.165) is 27.4 Å². The van der Waals surface area contributed by atoms with E-state index in [4.69, 9.17) is 51.1 Å². The van der Waals surface area contributed by atoms with Crippen LogP contribution in [-0.2, 0) is 13.2 Å². The van der Waals surface area contributed by atoms with Gasteiger partial charge in [-0.3, -0.25) is 0 Å². The highest BCUT2D eigenvalue weighted by Gasteiger charge is 2.11. The van der Waals surface area contributed by atoms with Gasteiger partial charge in [0, 0.05) is 27.8 Å². The van der Waals surface area contributed by atoms with Gasteiger partial charge in [0.15, 0.2) is 5.75 Å². The quantitative estimate of drug-likeness (QED) is 0.422. The molecule has 0 saturated heterocycles. The van der Waals surface area contributed by atoms with E-state index in [1.165, 1.54) is 0 Å². The lowest BCUT2D eigenvalue weighted by molar-refractivity contribution is 0.306. The van der Waals surface area contributed by atoms with Crippen LogP contribution in [0.1, 0.15) is 16.7 Å². The maximum absolute atomic E-state index is 6.38. The van der Waals surface area contributed by atoms with E-state index in [9.17, 15) is 0 Å². The van der Waals surface area contributed by atoms with E-state index in [2.05, 4.69) is 5.32 Å². The summed E-state index contributed by atoms with van der Waals surface area (Å²) in [6.07, 6.45) is 0. The first-order valence-electron chi connectivity index (χ1n) is 8.28. The number of ether oxygens (including phenoxy) is 1. The Hall–Kier alpha value is -1.58. The van der Waals surface area contributed by atoms with Gasteiger partial charge in [0.05, 0.1) is 10.0 Å². The lowest BCUT2D eigenvalue weighted by Crippen LogP contribution is -2.02. The molecule has 0 unspecified atom stereocenters. The Bertz CT molecular complexity index is 936. The van der Waals surface area contributed by atoms with Crippen LogP contribution in [0.4, 0.5) is 5.69 Å². The van der Waals surface area contributed by atoms with Crippen LogP contribution in [0.5, 0.6) is 5.75 Å². The molecule has 3 rings (SSSR count). The first kappa shape index (κ1) is 20.2. The minimum Gasteiger partial charge on any atom is -0.486 e. The molecule has 0 aliphatic carbocycles. The Kier molecular flexibility index (Phi) is 6.78. The molecular formula is C21H17Cl4NO. The third kappa shape index (κ3) is 5.24. The van der Waals surface area contributed by atoms with Crippen molar-refractivity contribution >= 4 is 52.1 Å². The summed E-state index contributed by atoms with van der Waals surface area (Å²) >= 11 is 25.1. The molecule has 0 aromatic heterocycles. The molecule has 0 amide bonds. The Morgan fingerprint density at radius 1 is 0.815 bits per heavy atom. The molecule has 0 aliphatic rings. The highest BCUT2D eigenvalue weighted by Crippen LogP contribution is 2.35. The Balaban J connectivity index is 1.68. The maximum Gasteiger partial charge on any atom is 0.156 e. The van der Waals surface area contributed by atoms with Crippen molar-refractivity contribution in [3.05, 3.63) is 91.4 Å². The summed E-state index contributed by atoms with van der Waals surface area (Å²) in [7, 11) is 0. The number of halogens is 4. The second-order valence-corrected chi connectivity index (χ2v) is 7.71. The van der Waals surface area contributed by atoms with E-state index in [-0.39, 0.29) is 0 Å². The molecule has 2 nitrogen and oxygen atoms in total. The first-order valence-corrected chi connectivity index (χ1v) is 9.79. The average molecular weight is 441 g/mol. The van der Waals surface area contributed by atoms with Crippen molar-refractivity contribution in [2.24, 2.45) is 0 Å². The summed E-state index contributed by atoms with van der Waals surface area (Å²) in [5.41, 5.74) is 3.77. The standard InChI is InChI=1S/C21H17Cl4NO/c1-13-6-7-16(10-18(13)23)26-11-14-8-19(24)21(20(25)9-14)27-12-15-4-2-3-5-17(15)22/h2-10,26H,11-12H2,1H3. The first-order chi connectivity index (χ1) is 12.9. The van der Waals surface area contributed by atoms with Gasteiger partial charge >= 0.3 is 0 Å². The zero-order valence-electron chi connectivity index (χ0n) is 14.5. The van der Waals surface area contributed by atoms with Crippen LogP contribution in [0.25, 0.3) is 0 Å². The fourth-order valence-corrected chi connectivity index (χ4v) is 3.54. The second kappa shape index (κ2) is 9.07. The smallest absolute Gasteiger partial charge is 0.156 e. The number of hydrogen-bond acceptors (Lipinski definition) is 2. The number of rotatable bonds is 6. The number of benzene rings is 3. The van der Waals surface area contributed by atoms with Gasteiger partial charge in [-0.1, -0.05) is 70.7 Å². The molecule has 0 fully saturated rings. The highest BCUT2D eigenvalue weighted by atomic mass is 35.5.